The number of nitrogens with zero attached hydrogens (tertiary/aromatic N) is 1. The van der Waals surface area contributed by atoms with Gasteiger partial charge in [0.2, 0.25) is 0 Å². The molecule has 0 radical (unpaired) electrons. The van der Waals surface area contributed by atoms with Gasteiger partial charge in [0.25, 0.3) is 5.91 Å². The zero-order chi connectivity index (χ0) is 13.2. The first-order valence-corrected chi connectivity index (χ1v) is 6.69. The summed E-state index contributed by atoms with van der Waals surface area (Å²) in [6.45, 7) is 3.32. The Morgan fingerprint density at radius 3 is 3.00 bits per heavy atom. The van der Waals surface area contributed by atoms with Crippen LogP contribution in [0.3, 0.4) is 0 Å². The molecule has 0 aromatic heterocycles. The maximum absolute atomic E-state index is 11.3. The van der Waals surface area contributed by atoms with Crippen molar-refractivity contribution in [3.05, 3.63) is 23.8 Å². The van der Waals surface area contributed by atoms with Crippen LogP contribution in [0, 0.1) is 0 Å². The molecule has 1 saturated heterocycles. The Morgan fingerprint density at radius 1 is 1.42 bits per heavy atom. The standard InChI is InChI=1S/C14H19N3O2/c1-17(11-7-15-8-11)5-4-10-2-3-13-12(6-10)16-14(18)9-19-13/h2-3,6,11,15H,4-5,7-9H2,1H3,(H,16,18). The fraction of sp³-hybridized carbons (Fsp3) is 0.500. The van der Waals surface area contributed by atoms with E-state index in [2.05, 4.69) is 28.6 Å². The predicted octanol–water partition coefficient (Wildman–Crippen LogP) is 0.464. The second-order valence-electron chi connectivity index (χ2n) is 5.21. The first-order valence-electron chi connectivity index (χ1n) is 6.69. The second kappa shape index (κ2) is 5.19. The van der Waals surface area contributed by atoms with Crippen molar-refractivity contribution in [3.63, 3.8) is 0 Å². The monoisotopic (exact) mass is 261 g/mol. The van der Waals surface area contributed by atoms with E-state index < -0.39 is 0 Å². The summed E-state index contributed by atoms with van der Waals surface area (Å²) in [4.78, 5) is 13.7. The molecule has 1 aromatic carbocycles. The lowest BCUT2D eigenvalue weighted by Crippen LogP contribution is -2.56. The van der Waals surface area contributed by atoms with Gasteiger partial charge in [-0.1, -0.05) is 6.07 Å². The van der Waals surface area contributed by atoms with Gasteiger partial charge >= 0.3 is 0 Å². The van der Waals surface area contributed by atoms with E-state index in [-0.39, 0.29) is 12.5 Å². The van der Waals surface area contributed by atoms with Crippen LogP contribution in [0.4, 0.5) is 5.69 Å². The quantitative estimate of drug-likeness (QED) is 0.827. The second-order valence-corrected chi connectivity index (χ2v) is 5.21. The Kier molecular flexibility index (Phi) is 3.40. The number of nitrogens with one attached hydrogen (secondary N) is 2. The molecule has 0 bridgehead atoms. The van der Waals surface area contributed by atoms with E-state index in [1.54, 1.807) is 0 Å². The van der Waals surface area contributed by atoms with Gasteiger partial charge in [-0.25, -0.2) is 0 Å². The summed E-state index contributed by atoms with van der Waals surface area (Å²) >= 11 is 0. The molecule has 2 N–H and O–H groups in total. The van der Waals surface area contributed by atoms with Crippen LogP contribution in [0.1, 0.15) is 5.56 Å². The molecule has 19 heavy (non-hydrogen) atoms. The molecule has 0 unspecified atom stereocenters. The Bertz CT molecular complexity index is 486. The van der Waals surface area contributed by atoms with Crippen LogP contribution < -0.4 is 15.4 Å². The third-order valence-electron chi connectivity index (χ3n) is 3.81. The number of rotatable bonds is 4. The number of hydrogen-bond donors (Lipinski definition) is 2. The zero-order valence-corrected chi connectivity index (χ0v) is 11.1. The van der Waals surface area contributed by atoms with Crippen molar-refractivity contribution >= 4 is 11.6 Å². The molecule has 2 heterocycles. The summed E-state index contributed by atoms with van der Waals surface area (Å²) in [6, 6.07) is 6.69. The van der Waals surface area contributed by atoms with E-state index >= 15 is 0 Å². The minimum Gasteiger partial charge on any atom is -0.482 e. The molecule has 5 heteroatoms. The van der Waals surface area contributed by atoms with Crippen LogP contribution in [0.25, 0.3) is 0 Å². The molecule has 0 saturated carbocycles. The zero-order valence-electron chi connectivity index (χ0n) is 11.1. The fourth-order valence-electron chi connectivity index (χ4n) is 2.36. The van der Waals surface area contributed by atoms with Crippen LogP contribution >= 0.6 is 0 Å². The normalized spacial score (nSPS) is 18.5. The SMILES string of the molecule is CN(CCc1ccc2c(c1)NC(=O)CO2)C1CNC1. The molecule has 0 spiro atoms. The number of likely N-dealkylation sites (N-methyl/N-ethyl adjacent to an activating group) is 1. The molecule has 5 nitrogen and oxygen atoms in total. The van der Waals surface area contributed by atoms with E-state index in [0.29, 0.717) is 6.04 Å². The lowest BCUT2D eigenvalue weighted by Gasteiger charge is -2.35. The highest BCUT2D eigenvalue weighted by molar-refractivity contribution is 5.95. The van der Waals surface area contributed by atoms with E-state index in [1.807, 2.05) is 12.1 Å². The summed E-state index contributed by atoms with van der Waals surface area (Å²) in [7, 11) is 2.16. The van der Waals surface area contributed by atoms with Crippen molar-refractivity contribution < 1.29 is 9.53 Å². The van der Waals surface area contributed by atoms with Gasteiger partial charge in [-0.2, -0.15) is 0 Å². The number of carbonyl (C=O) groups is 1. The van der Waals surface area contributed by atoms with Gasteiger partial charge in [0.1, 0.15) is 5.75 Å². The minimum absolute atomic E-state index is 0.0812. The van der Waals surface area contributed by atoms with Crippen LogP contribution in [0.5, 0.6) is 5.75 Å². The largest absolute Gasteiger partial charge is 0.482 e. The Hall–Kier alpha value is -1.59. The van der Waals surface area contributed by atoms with Gasteiger partial charge in [0.05, 0.1) is 5.69 Å². The van der Waals surface area contributed by atoms with E-state index in [1.165, 1.54) is 5.56 Å². The van der Waals surface area contributed by atoms with Crippen molar-refractivity contribution in [2.75, 3.05) is 38.6 Å². The Morgan fingerprint density at radius 2 is 2.26 bits per heavy atom. The van der Waals surface area contributed by atoms with Crippen molar-refractivity contribution in [1.82, 2.24) is 10.2 Å². The number of amides is 1. The predicted molar refractivity (Wildman–Crippen MR) is 73.6 cm³/mol. The number of ether oxygens (including phenoxy) is 1. The fourth-order valence-corrected chi connectivity index (χ4v) is 2.36. The molecular formula is C14H19N3O2. The van der Waals surface area contributed by atoms with Gasteiger partial charge in [-0.3, -0.25) is 4.79 Å². The molecule has 1 fully saturated rings. The lowest BCUT2D eigenvalue weighted by atomic mass is 10.1. The highest BCUT2D eigenvalue weighted by Gasteiger charge is 2.21. The number of benzene rings is 1. The summed E-state index contributed by atoms with van der Waals surface area (Å²) in [6.07, 6.45) is 0.982. The van der Waals surface area contributed by atoms with Crippen molar-refractivity contribution in [2.45, 2.75) is 12.5 Å². The summed E-state index contributed by atoms with van der Waals surface area (Å²) in [5.41, 5.74) is 2.02. The first-order chi connectivity index (χ1) is 9.22. The molecule has 2 aliphatic heterocycles. The Labute approximate surface area is 112 Å². The van der Waals surface area contributed by atoms with Crippen molar-refractivity contribution in [3.8, 4) is 5.75 Å². The molecule has 3 rings (SSSR count). The number of fused-ring (bicyclic) bond motifs is 1. The number of anilines is 1. The van der Waals surface area contributed by atoms with Crippen LogP contribution in [-0.2, 0) is 11.2 Å². The number of hydrogen-bond acceptors (Lipinski definition) is 4. The Balaban J connectivity index is 1.61. The molecular weight excluding hydrogens is 242 g/mol. The van der Waals surface area contributed by atoms with E-state index in [9.17, 15) is 4.79 Å². The highest BCUT2D eigenvalue weighted by Crippen LogP contribution is 2.28. The van der Waals surface area contributed by atoms with Crippen molar-refractivity contribution in [1.29, 1.82) is 0 Å². The van der Waals surface area contributed by atoms with Gasteiger partial charge in [-0.15, -0.1) is 0 Å². The molecule has 0 atom stereocenters. The third kappa shape index (κ3) is 2.72. The highest BCUT2D eigenvalue weighted by atomic mass is 16.5. The molecule has 1 amide bonds. The average Bonchev–Trinajstić information content (AvgIpc) is 2.33. The first kappa shape index (κ1) is 12.4. The molecule has 102 valence electrons. The van der Waals surface area contributed by atoms with Crippen LogP contribution in [0.15, 0.2) is 18.2 Å². The van der Waals surface area contributed by atoms with E-state index in [0.717, 1.165) is 37.5 Å². The van der Waals surface area contributed by atoms with Gasteiger partial charge in [0, 0.05) is 25.7 Å². The van der Waals surface area contributed by atoms with Gasteiger partial charge in [0.15, 0.2) is 6.61 Å². The van der Waals surface area contributed by atoms with Crippen LogP contribution in [0.2, 0.25) is 0 Å². The van der Waals surface area contributed by atoms with Gasteiger partial charge in [-0.05, 0) is 31.2 Å². The van der Waals surface area contributed by atoms with E-state index in [4.69, 9.17) is 4.74 Å². The number of carbonyl (C=O) groups excluding carboxylic acids is 1. The smallest absolute Gasteiger partial charge is 0.262 e. The summed E-state index contributed by atoms with van der Waals surface area (Å²) in [5, 5.41) is 6.13. The summed E-state index contributed by atoms with van der Waals surface area (Å²) in [5.74, 6) is 0.683. The van der Waals surface area contributed by atoms with Crippen LogP contribution in [-0.4, -0.2) is 50.1 Å². The summed E-state index contributed by atoms with van der Waals surface area (Å²) < 4.78 is 5.35. The maximum atomic E-state index is 11.3. The molecule has 1 aromatic rings. The van der Waals surface area contributed by atoms with Crippen molar-refractivity contribution in [2.24, 2.45) is 0 Å². The molecule has 0 aliphatic carbocycles. The maximum Gasteiger partial charge on any atom is 0.262 e. The topological polar surface area (TPSA) is 53.6 Å². The average molecular weight is 261 g/mol. The molecule has 2 aliphatic rings. The lowest BCUT2D eigenvalue weighted by molar-refractivity contribution is -0.118. The van der Waals surface area contributed by atoms with Gasteiger partial charge < -0.3 is 20.3 Å². The third-order valence-corrected chi connectivity index (χ3v) is 3.81. The minimum atomic E-state index is -0.0812.